The minimum atomic E-state index is -4.54. The number of rotatable bonds is 10. The summed E-state index contributed by atoms with van der Waals surface area (Å²) in [4.78, 5) is 36.5. The van der Waals surface area contributed by atoms with Crippen LogP contribution in [0.3, 0.4) is 0 Å². The number of aliphatic hydroxyl groups excluding tert-OH is 1. The number of nitrogens with two attached hydrogens (primary N) is 1. The summed E-state index contributed by atoms with van der Waals surface area (Å²) >= 11 is 0. The summed E-state index contributed by atoms with van der Waals surface area (Å²) in [5.41, 5.74) is 4.74. The van der Waals surface area contributed by atoms with Gasteiger partial charge in [0.2, 0.25) is 0 Å². The summed E-state index contributed by atoms with van der Waals surface area (Å²) in [5.74, 6) is -0.535. The number of anilines is 1. The highest BCUT2D eigenvalue weighted by Crippen LogP contribution is 2.44. The van der Waals surface area contributed by atoms with E-state index in [9.17, 15) is 24.2 Å². The standard InChI is InChI=1S/C16H26N3O10P/c1-4-10(28-9(2)20)7-26-30(23,24)27-8-11-13(21)14(25-3)15(29-11)19-6-5-12(17)18-16(19)22/h5-6,10-11,13-15,21H,4,7-8H2,1-3H3,(H,23,24)(H2,17,18,22)/t10?,11-,13-,14-,15-/m1/s1. The van der Waals surface area contributed by atoms with Gasteiger partial charge >= 0.3 is 19.5 Å². The lowest BCUT2D eigenvalue weighted by atomic mass is 10.1. The number of carbonyl (C=O) groups excluding carboxylic acids is 1. The molecule has 1 aliphatic rings. The Morgan fingerprint density at radius 2 is 2.17 bits per heavy atom. The van der Waals surface area contributed by atoms with Crippen LogP contribution in [0.5, 0.6) is 0 Å². The molecule has 0 saturated carbocycles. The SMILES string of the molecule is CCC(COP(=O)(O)OC[C@H]1O[C@@H](n2ccc(N)nc2=O)[C@H](OC)[C@@H]1O)OC(C)=O. The maximum absolute atomic E-state index is 12.1. The van der Waals surface area contributed by atoms with E-state index in [4.69, 9.17) is 29.0 Å². The van der Waals surface area contributed by atoms with Crippen molar-refractivity contribution in [2.24, 2.45) is 0 Å². The van der Waals surface area contributed by atoms with Crippen molar-refractivity contribution in [3.05, 3.63) is 22.7 Å². The Balaban J connectivity index is 2.00. The maximum Gasteiger partial charge on any atom is 0.472 e. The van der Waals surface area contributed by atoms with Crippen molar-refractivity contribution in [3.8, 4) is 0 Å². The molecule has 0 amide bonds. The predicted octanol–water partition coefficient (Wildman–Crippen LogP) is -0.426. The Kier molecular flexibility index (Phi) is 8.50. The molecule has 0 radical (unpaired) electrons. The van der Waals surface area contributed by atoms with Crippen LogP contribution < -0.4 is 11.4 Å². The monoisotopic (exact) mass is 451 g/mol. The molecular formula is C16H26N3O10P. The molecule has 0 aliphatic carbocycles. The van der Waals surface area contributed by atoms with Gasteiger partial charge in [-0.3, -0.25) is 18.4 Å². The predicted molar refractivity (Wildman–Crippen MR) is 101 cm³/mol. The van der Waals surface area contributed by atoms with Crippen LogP contribution in [0.1, 0.15) is 26.5 Å². The van der Waals surface area contributed by atoms with Gasteiger partial charge in [-0.05, 0) is 12.5 Å². The second kappa shape index (κ2) is 10.4. The van der Waals surface area contributed by atoms with E-state index >= 15 is 0 Å². The summed E-state index contributed by atoms with van der Waals surface area (Å²) < 4.78 is 38.6. The number of phosphoric ester groups is 1. The number of hydrogen-bond acceptors (Lipinski definition) is 11. The lowest BCUT2D eigenvalue weighted by molar-refractivity contribution is -0.148. The zero-order valence-electron chi connectivity index (χ0n) is 16.7. The molecule has 0 spiro atoms. The van der Waals surface area contributed by atoms with Crippen LogP contribution in [-0.2, 0) is 32.6 Å². The fourth-order valence-electron chi connectivity index (χ4n) is 2.81. The highest BCUT2D eigenvalue weighted by Gasteiger charge is 2.46. The fraction of sp³-hybridized carbons (Fsp3) is 0.688. The van der Waals surface area contributed by atoms with Crippen LogP contribution in [-0.4, -0.2) is 70.3 Å². The van der Waals surface area contributed by atoms with Crippen molar-refractivity contribution in [3.63, 3.8) is 0 Å². The number of esters is 1. The van der Waals surface area contributed by atoms with Crippen molar-refractivity contribution in [2.45, 2.75) is 50.9 Å². The Bertz CT molecular complexity index is 834. The molecule has 170 valence electrons. The number of phosphoric acid groups is 1. The van der Waals surface area contributed by atoms with Crippen LogP contribution >= 0.6 is 7.82 Å². The topological polar surface area (TPSA) is 182 Å². The normalized spacial score (nSPS) is 26.8. The third kappa shape index (κ3) is 6.32. The van der Waals surface area contributed by atoms with Crippen LogP contribution in [0.2, 0.25) is 0 Å². The van der Waals surface area contributed by atoms with E-state index in [0.29, 0.717) is 6.42 Å². The molecule has 6 atom stereocenters. The summed E-state index contributed by atoms with van der Waals surface area (Å²) in [5, 5.41) is 10.4. The lowest BCUT2D eigenvalue weighted by Gasteiger charge is -2.20. The fourth-order valence-corrected chi connectivity index (χ4v) is 3.57. The van der Waals surface area contributed by atoms with Crippen molar-refractivity contribution in [1.82, 2.24) is 9.55 Å². The molecule has 30 heavy (non-hydrogen) atoms. The van der Waals surface area contributed by atoms with E-state index in [1.54, 1.807) is 6.92 Å². The Morgan fingerprint density at radius 3 is 2.73 bits per heavy atom. The Hall–Kier alpha value is -1.86. The van der Waals surface area contributed by atoms with E-state index < -0.39 is 56.7 Å². The number of nitrogen functional groups attached to an aromatic ring is 1. The van der Waals surface area contributed by atoms with E-state index in [2.05, 4.69) is 4.98 Å². The van der Waals surface area contributed by atoms with Gasteiger partial charge in [-0.25, -0.2) is 9.36 Å². The van der Waals surface area contributed by atoms with Crippen molar-refractivity contribution >= 4 is 19.6 Å². The minimum Gasteiger partial charge on any atom is -0.460 e. The Labute approximate surface area is 172 Å². The molecule has 1 aromatic rings. The van der Waals surface area contributed by atoms with Gasteiger partial charge in [0.25, 0.3) is 0 Å². The molecular weight excluding hydrogens is 425 g/mol. The summed E-state index contributed by atoms with van der Waals surface area (Å²) in [6, 6.07) is 1.37. The maximum atomic E-state index is 12.1. The van der Waals surface area contributed by atoms with E-state index in [1.807, 2.05) is 0 Å². The van der Waals surface area contributed by atoms with E-state index in [-0.39, 0.29) is 12.4 Å². The van der Waals surface area contributed by atoms with Crippen LogP contribution in [0.15, 0.2) is 17.1 Å². The molecule has 2 heterocycles. The molecule has 4 N–H and O–H groups in total. The van der Waals surface area contributed by atoms with Crippen molar-refractivity contribution in [2.75, 3.05) is 26.1 Å². The minimum absolute atomic E-state index is 0.0150. The largest absolute Gasteiger partial charge is 0.472 e. The van der Waals surface area contributed by atoms with Gasteiger partial charge in [0.1, 0.15) is 30.2 Å². The first-order valence-electron chi connectivity index (χ1n) is 9.08. The van der Waals surface area contributed by atoms with Gasteiger partial charge < -0.3 is 29.9 Å². The first kappa shape index (κ1) is 24.4. The number of hydrogen-bond donors (Lipinski definition) is 3. The lowest BCUT2D eigenvalue weighted by Crippen LogP contribution is -2.37. The van der Waals surface area contributed by atoms with Gasteiger partial charge in [0, 0.05) is 20.2 Å². The van der Waals surface area contributed by atoms with Gasteiger partial charge in [-0.1, -0.05) is 6.92 Å². The molecule has 14 heteroatoms. The smallest absolute Gasteiger partial charge is 0.460 e. The van der Waals surface area contributed by atoms with Crippen LogP contribution in [0.4, 0.5) is 5.82 Å². The molecule has 2 unspecified atom stereocenters. The number of aliphatic hydroxyl groups is 1. The van der Waals surface area contributed by atoms with Gasteiger partial charge in [-0.15, -0.1) is 0 Å². The Morgan fingerprint density at radius 1 is 1.47 bits per heavy atom. The van der Waals surface area contributed by atoms with Crippen molar-refractivity contribution < 1.29 is 42.6 Å². The first-order chi connectivity index (χ1) is 14.1. The third-order valence-electron chi connectivity index (χ3n) is 4.32. The number of nitrogens with zero attached hydrogens (tertiary/aromatic N) is 2. The molecule has 13 nitrogen and oxygen atoms in total. The molecule has 0 bridgehead atoms. The molecule has 1 saturated heterocycles. The van der Waals surface area contributed by atoms with Crippen molar-refractivity contribution in [1.29, 1.82) is 0 Å². The molecule has 1 fully saturated rings. The van der Waals surface area contributed by atoms with E-state index in [0.717, 1.165) is 4.57 Å². The summed E-state index contributed by atoms with van der Waals surface area (Å²) in [6.07, 6.45) is -3.45. The number of methoxy groups -OCH3 is 1. The number of aromatic nitrogens is 2. The molecule has 2 rings (SSSR count). The highest BCUT2D eigenvalue weighted by molar-refractivity contribution is 7.47. The quantitative estimate of drug-likeness (QED) is 0.309. The zero-order valence-corrected chi connectivity index (χ0v) is 17.6. The van der Waals surface area contributed by atoms with Gasteiger partial charge in [-0.2, -0.15) is 4.98 Å². The van der Waals surface area contributed by atoms with Crippen LogP contribution in [0.25, 0.3) is 0 Å². The number of carbonyl (C=O) groups is 1. The average Bonchev–Trinajstić information content (AvgIpc) is 2.98. The third-order valence-corrected chi connectivity index (χ3v) is 5.27. The summed E-state index contributed by atoms with van der Waals surface area (Å²) in [6.45, 7) is 2.03. The second-order valence-corrected chi connectivity index (χ2v) is 7.95. The first-order valence-corrected chi connectivity index (χ1v) is 10.6. The highest BCUT2D eigenvalue weighted by atomic mass is 31.2. The second-order valence-electron chi connectivity index (χ2n) is 6.50. The van der Waals surface area contributed by atoms with Gasteiger partial charge in [0.15, 0.2) is 6.23 Å². The zero-order chi connectivity index (χ0) is 22.5. The molecule has 0 aromatic carbocycles. The summed E-state index contributed by atoms with van der Waals surface area (Å²) in [7, 11) is -3.23. The van der Waals surface area contributed by atoms with Crippen LogP contribution in [0, 0.1) is 0 Å². The van der Waals surface area contributed by atoms with Gasteiger partial charge in [0.05, 0.1) is 13.2 Å². The van der Waals surface area contributed by atoms with E-state index in [1.165, 1.54) is 26.3 Å². The molecule has 1 aromatic heterocycles. The molecule has 1 aliphatic heterocycles. The average molecular weight is 451 g/mol. The number of ether oxygens (including phenoxy) is 3.